The molecule has 1 aromatic carbocycles. The minimum absolute atomic E-state index is 0.247. The number of hydrogen-bond donors (Lipinski definition) is 1. The Morgan fingerprint density at radius 2 is 2.18 bits per heavy atom. The Bertz CT molecular complexity index is 421. The van der Waals surface area contributed by atoms with Crippen molar-refractivity contribution < 1.29 is 9.53 Å². The molecule has 0 fully saturated rings. The summed E-state index contributed by atoms with van der Waals surface area (Å²) in [4.78, 5) is 11.5. The maximum atomic E-state index is 11.5. The Morgan fingerprint density at radius 3 is 2.76 bits per heavy atom. The van der Waals surface area contributed by atoms with Crippen LogP contribution in [0.25, 0.3) is 0 Å². The highest BCUT2D eigenvalue weighted by molar-refractivity contribution is 9.10. The molecular formula is C12H15BrClNO2. The van der Waals surface area contributed by atoms with E-state index in [4.69, 9.17) is 16.3 Å². The zero-order valence-corrected chi connectivity index (χ0v) is 12.4. The van der Waals surface area contributed by atoms with Gasteiger partial charge in [0.15, 0.2) is 0 Å². The molecule has 0 aromatic heterocycles. The molecule has 0 saturated carbocycles. The highest BCUT2D eigenvalue weighted by Gasteiger charge is 2.28. The van der Waals surface area contributed by atoms with E-state index in [9.17, 15) is 4.79 Å². The number of rotatable bonds is 4. The Hall–Kier alpha value is -0.740. The van der Waals surface area contributed by atoms with Crippen LogP contribution in [0.5, 0.6) is 0 Å². The van der Waals surface area contributed by atoms with Crippen LogP contribution in [0.1, 0.15) is 13.8 Å². The van der Waals surface area contributed by atoms with Crippen molar-refractivity contribution in [3.05, 3.63) is 27.7 Å². The molecule has 0 spiro atoms. The summed E-state index contributed by atoms with van der Waals surface area (Å²) in [6, 6.07) is 5.46. The third-order valence-corrected chi connectivity index (χ3v) is 3.31. The molecule has 0 amide bonds. The van der Waals surface area contributed by atoms with Crippen LogP contribution in [0, 0.1) is 5.41 Å². The first-order valence-corrected chi connectivity index (χ1v) is 6.31. The van der Waals surface area contributed by atoms with Crippen molar-refractivity contribution in [2.45, 2.75) is 13.8 Å². The summed E-state index contributed by atoms with van der Waals surface area (Å²) in [6.07, 6.45) is 0. The van der Waals surface area contributed by atoms with Gasteiger partial charge in [-0.3, -0.25) is 4.79 Å². The molecule has 0 atom stereocenters. The first-order chi connectivity index (χ1) is 7.86. The topological polar surface area (TPSA) is 38.3 Å². The van der Waals surface area contributed by atoms with Crippen LogP contribution in [0.15, 0.2) is 22.7 Å². The van der Waals surface area contributed by atoms with Gasteiger partial charge in [0.05, 0.1) is 12.5 Å². The third kappa shape index (κ3) is 3.89. The molecule has 1 aromatic rings. The van der Waals surface area contributed by atoms with Gasteiger partial charge in [-0.05, 0) is 48.0 Å². The molecule has 0 unspecified atom stereocenters. The SMILES string of the molecule is COC(=O)C(C)(C)CNc1cc(Cl)ccc1Br. The summed E-state index contributed by atoms with van der Waals surface area (Å²) in [7, 11) is 1.39. The van der Waals surface area contributed by atoms with Gasteiger partial charge in [-0.25, -0.2) is 0 Å². The molecule has 0 aliphatic carbocycles. The average Bonchev–Trinajstić information content (AvgIpc) is 2.29. The first-order valence-electron chi connectivity index (χ1n) is 5.14. The van der Waals surface area contributed by atoms with Gasteiger partial charge in [0.2, 0.25) is 0 Å². The van der Waals surface area contributed by atoms with Gasteiger partial charge in [0.1, 0.15) is 0 Å². The highest BCUT2D eigenvalue weighted by atomic mass is 79.9. The Morgan fingerprint density at radius 1 is 1.53 bits per heavy atom. The zero-order valence-electron chi connectivity index (χ0n) is 10.0. The Labute approximate surface area is 115 Å². The van der Waals surface area contributed by atoms with Crippen LogP contribution in [0.4, 0.5) is 5.69 Å². The van der Waals surface area contributed by atoms with Crippen LogP contribution in [-0.2, 0) is 9.53 Å². The number of anilines is 1. The van der Waals surface area contributed by atoms with E-state index in [1.54, 1.807) is 12.1 Å². The van der Waals surface area contributed by atoms with Crippen LogP contribution in [-0.4, -0.2) is 19.6 Å². The minimum atomic E-state index is -0.587. The highest BCUT2D eigenvalue weighted by Crippen LogP contribution is 2.27. The third-order valence-electron chi connectivity index (χ3n) is 2.39. The van der Waals surface area contributed by atoms with Crippen LogP contribution in [0.3, 0.4) is 0 Å². The monoisotopic (exact) mass is 319 g/mol. The number of nitrogens with one attached hydrogen (secondary N) is 1. The normalized spacial score (nSPS) is 11.1. The predicted molar refractivity (Wildman–Crippen MR) is 73.4 cm³/mol. The van der Waals surface area contributed by atoms with Gasteiger partial charge in [-0.1, -0.05) is 11.6 Å². The van der Waals surface area contributed by atoms with Crippen LogP contribution in [0.2, 0.25) is 5.02 Å². The van der Waals surface area contributed by atoms with E-state index in [1.807, 2.05) is 19.9 Å². The van der Waals surface area contributed by atoms with E-state index < -0.39 is 5.41 Å². The summed E-state index contributed by atoms with van der Waals surface area (Å²) in [6.45, 7) is 4.12. The number of esters is 1. The summed E-state index contributed by atoms with van der Waals surface area (Å²) in [5, 5.41) is 3.82. The Balaban J connectivity index is 2.73. The quantitative estimate of drug-likeness (QED) is 0.859. The molecule has 0 bridgehead atoms. The van der Waals surface area contributed by atoms with E-state index in [1.165, 1.54) is 7.11 Å². The van der Waals surface area contributed by atoms with Crippen molar-refractivity contribution in [3.8, 4) is 0 Å². The molecule has 0 aliphatic rings. The summed E-state index contributed by atoms with van der Waals surface area (Å²) in [5.74, 6) is -0.247. The number of carbonyl (C=O) groups is 1. The van der Waals surface area contributed by atoms with E-state index in [0.717, 1.165) is 10.2 Å². The van der Waals surface area contributed by atoms with Gasteiger partial charge in [-0.15, -0.1) is 0 Å². The first kappa shape index (κ1) is 14.3. The van der Waals surface area contributed by atoms with Gasteiger partial charge in [-0.2, -0.15) is 0 Å². The molecule has 0 aliphatic heterocycles. The summed E-state index contributed by atoms with van der Waals surface area (Å²) >= 11 is 9.32. The number of methoxy groups -OCH3 is 1. The lowest BCUT2D eigenvalue weighted by Gasteiger charge is -2.22. The number of ether oxygens (including phenoxy) is 1. The smallest absolute Gasteiger partial charge is 0.313 e. The largest absolute Gasteiger partial charge is 0.469 e. The predicted octanol–water partition coefficient (Wildman–Crippen LogP) is 3.71. The Kier molecular flexibility index (Phi) is 4.83. The fourth-order valence-corrected chi connectivity index (χ4v) is 1.86. The van der Waals surface area contributed by atoms with Crippen LogP contribution >= 0.6 is 27.5 Å². The molecule has 0 saturated heterocycles. The van der Waals surface area contributed by atoms with Crippen molar-refractivity contribution in [2.75, 3.05) is 19.0 Å². The standard InChI is InChI=1S/C12H15BrClNO2/c1-12(2,11(16)17-3)7-15-10-6-8(14)4-5-9(10)13/h4-6,15H,7H2,1-3H3. The lowest BCUT2D eigenvalue weighted by molar-refractivity contribution is -0.149. The molecular weight excluding hydrogens is 305 g/mol. The van der Waals surface area contributed by atoms with Crippen molar-refractivity contribution >= 4 is 39.2 Å². The lowest BCUT2D eigenvalue weighted by atomic mass is 9.93. The van der Waals surface area contributed by atoms with Gasteiger partial charge >= 0.3 is 5.97 Å². The fraction of sp³-hybridized carbons (Fsp3) is 0.417. The summed E-state index contributed by atoms with van der Waals surface area (Å²) < 4.78 is 5.65. The second-order valence-corrected chi connectivity index (χ2v) is 5.64. The van der Waals surface area contributed by atoms with Crippen LogP contribution < -0.4 is 5.32 Å². The van der Waals surface area contributed by atoms with Gasteiger partial charge in [0.25, 0.3) is 0 Å². The van der Waals surface area contributed by atoms with E-state index in [0.29, 0.717) is 11.6 Å². The van der Waals surface area contributed by atoms with Crippen molar-refractivity contribution in [3.63, 3.8) is 0 Å². The molecule has 94 valence electrons. The average molecular weight is 321 g/mol. The van der Waals surface area contributed by atoms with E-state index in [-0.39, 0.29) is 5.97 Å². The number of carbonyl (C=O) groups excluding carboxylic acids is 1. The second kappa shape index (κ2) is 5.74. The van der Waals surface area contributed by atoms with E-state index in [2.05, 4.69) is 21.2 Å². The minimum Gasteiger partial charge on any atom is -0.469 e. The fourth-order valence-electron chi connectivity index (χ4n) is 1.30. The van der Waals surface area contributed by atoms with Crippen molar-refractivity contribution in [1.29, 1.82) is 0 Å². The molecule has 17 heavy (non-hydrogen) atoms. The second-order valence-electron chi connectivity index (χ2n) is 4.35. The number of benzene rings is 1. The molecule has 0 radical (unpaired) electrons. The molecule has 0 heterocycles. The number of hydrogen-bond acceptors (Lipinski definition) is 3. The summed E-state index contributed by atoms with van der Waals surface area (Å²) in [5.41, 5.74) is 0.269. The molecule has 1 N–H and O–H groups in total. The lowest BCUT2D eigenvalue weighted by Crippen LogP contribution is -2.33. The number of halogens is 2. The van der Waals surface area contributed by atoms with Crippen molar-refractivity contribution in [1.82, 2.24) is 0 Å². The molecule has 3 nitrogen and oxygen atoms in total. The van der Waals surface area contributed by atoms with E-state index >= 15 is 0 Å². The molecule has 1 rings (SSSR count). The van der Waals surface area contributed by atoms with Gasteiger partial charge < -0.3 is 10.1 Å². The maximum Gasteiger partial charge on any atom is 0.313 e. The van der Waals surface area contributed by atoms with Crippen molar-refractivity contribution in [2.24, 2.45) is 5.41 Å². The maximum absolute atomic E-state index is 11.5. The van der Waals surface area contributed by atoms with Gasteiger partial charge in [0, 0.05) is 21.7 Å². The molecule has 5 heteroatoms. The zero-order chi connectivity index (χ0) is 13.1.